The standard InChI is InChI=1S/C25H27N5O4/c1-32-24-9-16(4-5-26-24)15-2-3-20(22(31)8-15)21-12-23-25(29-28-21)30(6-7-34-23)19-10-17-13-33-14-18(11-19)27-17/h2-5,8-9,12,17-19,27,31H,6-7,10-11,13-14H2,1H3/t17-,18-/m1/s1. The van der Waals surface area contributed by atoms with Crippen molar-refractivity contribution in [3.8, 4) is 39.8 Å². The normalized spacial score (nSPS) is 23.7. The first-order valence-electron chi connectivity index (χ1n) is 11.6. The summed E-state index contributed by atoms with van der Waals surface area (Å²) in [6, 6.07) is 12.2. The van der Waals surface area contributed by atoms with Crippen LogP contribution in [-0.4, -0.2) is 71.9 Å². The molecule has 9 nitrogen and oxygen atoms in total. The summed E-state index contributed by atoms with van der Waals surface area (Å²) in [5.41, 5.74) is 2.94. The number of ether oxygens (including phenoxy) is 3. The Morgan fingerprint density at radius 3 is 2.68 bits per heavy atom. The number of aromatic hydroxyl groups is 1. The molecule has 2 aromatic heterocycles. The molecule has 3 aromatic rings. The first-order valence-corrected chi connectivity index (χ1v) is 11.6. The third kappa shape index (κ3) is 3.91. The Morgan fingerprint density at radius 2 is 1.88 bits per heavy atom. The second-order valence-electron chi connectivity index (χ2n) is 9.00. The molecule has 3 aliphatic heterocycles. The lowest BCUT2D eigenvalue weighted by molar-refractivity contribution is 0.0173. The van der Waals surface area contributed by atoms with Gasteiger partial charge < -0.3 is 29.5 Å². The molecule has 9 heteroatoms. The number of nitrogens with one attached hydrogen (secondary N) is 1. The van der Waals surface area contributed by atoms with Crippen LogP contribution in [0.15, 0.2) is 42.6 Å². The van der Waals surface area contributed by atoms with Crippen molar-refractivity contribution >= 4 is 5.82 Å². The molecule has 176 valence electrons. The number of fused-ring (bicyclic) bond motifs is 3. The Balaban J connectivity index is 1.27. The van der Waals surface area contributed by atoms with Gasteiger partial charge in [-0.05, 0) is 42.2 Å². The molecule has 1 aromatic carbocycles. The fourth-order valence-corrected chi connectivity index (χ4v) is 5.21. The van der Waals surface area contributed by atoms with Crippen molar-refractivity contribution in [3.05, 3.63) is 42.6 Å². The summed E-state index contributed by atoms with van der Waals surface area (Å²) in [5.74, 6) is 2.13. The van der Waals surface area contributed by atoms with Gasteiger partial charge >= 0.3 is 0 Å². The summed E-state index contributed by atoms with van der Waals surface area (Å²) in [5, 5.41) is 23.5. The zero-order valence-electron chi connectivity index (χ0n) is 19.0. The molecule has 0 unspecified atom stereocenters. The second-order valence-corrected chi connectivity index (χ2v) is 9.00. The molecule has 2 saturated heterocycles. The maximum Gasteiger partial charge on any atom is 0.213 e. The number of methoxy groups -OCH3 is 1. The Morgan fingerprint density at radius 1 is 1.06 bits per heavy atom. The Bertz CT molecular complexity index is 1190. The molecule has 2 N–H and O–H groups in total. The van der Waals surface area contributed by atoms with Crippen LogP contribution in [0.25, 0.3) is 22.4 Å². The van der Waals surface area contributed by atoms with E-state index in [9.17, 15) is 5.11 Å². The van der Waals surface area contributed by atoms with Crippen LogP contribution in [0.3, 0.4) is 0 Å². The van der Waals surface area contributed by atoms with E-state index in [4.69, 9.17) is 14.2 Å². The van der Waals surface area contributed by atoms with Crippen molar-refractivity contribution in [3.63, 3.8) is 0 Å². The Hall–Kier alpha value is -3.43. The number of rotatable bonds is 4. The SMILES string of the molecule is COc1cc(-c2ccc(-c3cc4c(nn3)N(C3C[C@@H]5COC[C@@H](C3)N5)CCO4)c(O)c2)ccn1. The summed E-state index contributed by atoms with van der Waals surface area (Å²) in [6.07, 6.45) is 3.71. The molecule has 0 spiro atoms. The Kier molecular flexibility index (Phi) is 5.43. The molecular weight excluding hydrogens is 434 g/mol. The van der Waals surface area contributed by atoms with E-state index in [2.05, 4.69) is 25.4 Å². The van der Waals surface area contributed by atoms with Crippen molar-refractivity contribution in [2.75, 3.05) is 38.4 Å². The number of nitrogens with zero attached hydrogens (tertiary/aromatic N) is 4. The quantitative estimate of drug-likeness (QED) is 0.607. The number of phenols is 1. The van der Waals surface area contributed by atoms with E-state index >= 15 is 0 Å². The summed E-state index contributed by atoms with van der Waals surface area (Å²) in [7, 11) is 1.58. The van der Waals surface area contributed by atoms with E-state index in [1.165, 1.54) is 0 Å². The average molecular weight is 462 g/mol. The molecule has 34 heavy (non-hydrogen) atoms. The van der Waals surface area contributed by atoms with Gasteiger partial charge in [-0.2, -0.15) is 0 Å². The van der Waals surface area contributed by atoms with Crippen molar-refractivity contribution < 1.29 is 19.3 Å². The summed E-state index contributed by atoms with van der Waals surface area (Å²) in [4.78, 5) is 6.47. The number of piperidine rings is 1. The van der Waals surface area contributed by atoms with E-state index in [0.717, 1.165) is 49.5 Å². The maximum atomic E-state index is 10.8. The minimum atomic E-state index is 0.126. The highest BCUT2D eigenvalue weighted by Crippen LogP contribution is 2.39. The number of pyridine rings is 1. The Labute approximate surface area is 197 Å². The van der Waals surface area contributed by atoms with Gasteiger partial charge in [0.15, 0.2) is 11.6 Å². The zero-order chi connectivity index (χ0) is 23.1. The highest BCUT2D eigenvalue weighted by Gasteiger charge is 2.37. The average Bonchev–Trinajstić information content (AvgIpc) is 2.87. The van der Waals surface area contributed by atoms with Gasteiger partial charge in [0, 0.05) is 42.0 Å². The number of anilines is 1. The van der Waals surface area contributed by atoms with E-state index < -0.39 is 0 Å². The first-order chi connectivity index (χ1) is 16.7. The predicted molar refractivity (Wildman–Crippen MR) is 126 cm³/mol. The lowest BCUT2D eigenvalue weighted by atomic mass is 9.91. The fourth-order valence-electron chi connectivity index (χ4n) is 5.21. The smallest absolute Gasteiger partial charge is 0.213 e. The molecule has 2 bridgehead atoms. The van der Waals surface area contributed by atoms with E-state index in [1.807, 2.05) is 30.3 Å². The molecule has 0 saturated carbocycles. The van der Waals surface area contributed by atoms with Crippen LogP contribution in [0, 0.1) is 0 Å². The largest absolute Gasteiger partial charge is 0.507 e. The first kappa shape index (κ1) is 21.1. The van der Waals surface area contributed by atoms with Gasteiger partial charge in [0.1, 0.15) is 18.1 Å². The third-order valence-electron chi connectivity index (χ3n) is 6.82. The van der Waals surface area contributed by atoms with Crippen LogP contribution in [0.2, 0.25) is 0 Å². The highest BCUT2D eigenvalue weighted by molar-refractivity contribution is 5.75. The van der Waals surface area contributed by atoms with Gasteiger partial charge in [0.2, 0.25) is 5.88 Å². The van der Waals surface area contributed by atoms with Gasteiger partial charge in [-0.3, -0.25) is 0 Å². The molecule has 0 amide bonds. The van der Waals surface area contributed by atoms with Crippen LogP contribution < -0.4 is 19.7 Å². The topological polar surface area (TPSA) is 102 Å². The summed E-state index contributed by atoms with van der Waals surface area (Å²) in [6.45, 7) is 2.91. The van der Waals surface area contributed by atoms with E-state index in [-0.39, 0.29) is 5.75 Å². The van der Waals surface area contributed by atoms with Gasteiger partial charge in [-0.1, -0.05) is 6.07 Å². The lowest BCUT2D eigenvalue weighted by Crippen LogP contribution is -2.59. The number of benzene rings is 1. The van der Waals surface area contributed by atoms with Gasteiger partial charge in [0.05, 0.1) is 26.9 Å². The van der Waals surface area contributed by atoms with Crippen LogP contribution in [0.5, 0.6) is 17.4 Å². The molecular formula is C25H27N5O4. The molecule has 0 radical (unpaired) electrons. The molecule has 0 aliphatic carbocycles. The predicted octanol–water partition coefficient (Wildman–Crippen LogP) is 2.64. The van der Waals surface area contributed by atoms with Crippen molar-refractivity contribution in [1.82, 2.24) is 20.5 Å². The fraction of sp³-hybridized carbons (Fsp3) is 0.400. The molecule has 6 rings (SSSR count). The minimum absolute atomic E-state index is 0.126. The van der Waals surface area contributed by atoms with Crippen molar-refractivity contribution in [2.45, 2.75) is 31.0 Å². The third-order valence-corrected chi connectivity index (χ3v) is 6.82. The number of phenolic OH excluding ortho intramolecular Hbond substituents is 1. The second kappa shape index (κ2) is 8.73. The number of morpholine rings is 1. The zero-order valence-corrected chi connectivity index (χ0v) is 19.0. The molecule has 5 heterocycles. The number of hydrogen-bond donors (Lipinski definition) is 2. The number of hydrogen-bond acceptors (Lipinski definition) is 9. The molecule has 2 atom stereocenters. The summed E-state index contributed by atoms with van der Waals surface area (Å²) < 4.78 is 16.9. The van der Waals surface area contributed by atoms with Crippen LogP contribution in [0.1, 0.15) is 12.8 Å². The van der Waals surface area contributed by atoms with Gasteiger partial charge in [-0.25, -0.2) is 4.98 Å². The highest BCUT2D eigenvalue weighted by atomic mass is 16.5. The van der Waals surface area contributed by atoms with Crippen LogP contribution >= 0.6 is 0 Å². The molecule has 3 aliphatic rings. The van der Waals surface area contributed by atoms with Gasteiger partial charge in [0.25, 0.3) is 0 Å². The monoisotopic (exact) mass is 461 g/mol. The van der Waals surface area contributed by atoms with Crippen LogP contribution in [0.4, 0.5) is 5.82 Å². The lowest BCUT2D eigenvalue weighted by Gasteiger charge is -2.45. The number of aromatic nitrogens is 3. The van der Waals surface area contributed by atoms with Crippen molar-refractivity contribution in [2.24, 2.45) is 0 Å². The van der Waals surface area contributed by atoms with Crippen LogP contribution in [-0.2, 0) is 4.74 Å². The maximum absolute atomic E-state index is 10.8. The minimum Gasteiger partial charge on any atom is -0.507 e. The molecule has 2 fully saturated rings. The van der Waals surface area contributed by atoms with Crippen molar-refractivity contribution in [1.29, 1.82) is 0 Å². The summed E-state index contributed by atoms with van der Waals surface area (Å²) >= 11 is 0. The van der Waals surface area contributed by atoms with E-state index in [0.29, 0.717) is 47.6 Å². The van der Waals surface area contributed by atoms with Gasteiger partial charge in [-0.15, -0.1) is 10.2 Å². The van der Waals surface area contributed by atoms with E-state index in [1.54, 1.807) is 19.4 Å².